The third-order valence-corrected chi connectivity index (χ3v) is 0.687. The third kappa shape index (κ3) is 4.62. The van der Waals surface area contributed by atoms with E-state index in [4.69, 9.17) is 0 Å². The van der Waals surface area contributed by atoms with Gasteiger partial charge in [0.25, 0.3) is 0 Å². The van der Waals surface area contributed by atoms with Crippen LogP contribution >= 0.6 is 22.6 Å². The van der Waals surface area contributed by atoms with Crippen molar-refractivity contribution in [2.24, 2.45) is 0 Å². The maximum Gasteiger partial charge on any atom is 0.250 e. The number of methoxy groups -OCH3 is 1. The summed E-state index contributed by atoms with van der Waals surface area (Å²) in [5.41, 5.74) is 0. The Morgan fingerprint density at radius 3 is 2.20 bits per heavy atom. The van der Waals surface area contributed by atoms with Gasteiger partial charge in [-0.05, 0) is 22.6 Å². The minimum Gasteiger partial charge on any atom is -0.344 e. The van der Waals surface area contributed by atoms with E-state index in [1.54, 1.807) is 0 Å². The molecule has 0 rings (SSSR count). The van der Waals surface area contributed by atoms with E-state index >= 15 is 0 Å². The molecule has 3 heteroatoms. The van der Waals surface area contributed by atoms with E-state index in [9.17, 15) is 4.39 Å². The zero-order chi connectivity index (χ0) is 4.28. The first kappa shape index (κ1) is 5.62. The van der Waals surface area contributed by atoms with Gasteiger partial charge in [-0.3, -0.25) is 0 Å². The Morgan fingerprint density at radius 1 is 2.00 bits per heavy atom. The highest BCUT2D eigenvalue weighted by Crippen LogP contribution is 1.98. The van der Waals surface area contributed by atoms with E-state index in [1.807, 2.05) is 0 Å². The van der Waals surface area contributed by atoms with Crippen molar-refractivity contribution in [2.45, 2.75) is 4.36 Å². The van der Waals surface area contributed by atoms with Crippen molar-refractivity contribution in [3.63, 3.8) is 0 Å². The standard InChI is InChI=1S/C2H4FIO/c1-5-2(3)4/h2H,1H3. The van der Waals surface area contributed by atoms with E-state index in [1.165, 1.54) is 29.7 Å². The van der Waals surface area contributed by atoms with Gasteiger partial charge >= 0.3 is 0 Å². The monoisotopic (exact) mass is 190 g/mol. The van der Waals surface area contributed by atoms with Crippen LogP contribution < -0.4 is 0 Å². The van der Waals surface area contributed by atoms with Crippen LogP contribution in [0.15, 0.2) is 0 Å². The molecule has 0 aliphatic carbocycles. The molecule has 1 nitrogen and oxygen atoms in total. The predicted molar refractivity (Wildman–Crippen MR) is 25.9 cm³/mol. The molecule has 0 spiro atoms. The van der Waals surface area contributed by atoms with Gasteiger partial charge in [0.05, 0.1) is 0 Å². The maximum atomic E-state index is 11.2. The Labute approximate surface area is 43.6 Å². The first-order valence-electron chi connectivity index (χ1n) is 1.08. The Morgan fingerprint density at radius 2 is 2.20 bits per heavy atom. The molecule has 1 unspecified atom stereocenters. The van der Waals surface area contributed by atoms with Crippen molar-refractivity contribution in [3.8, 4) is 0 Å². The van der Waals surface area contributed by atoms with Crippen LogP contribution in [0.5, 0.6) is 0 Å². The Bertz CT molecular complexity index is 23.6. The third-order valence-electron chi connectivity index (χ3n) is 0.178. The fraction of sp³-hybridized carbons (Fsp3) is 1.00. The fourth-order valence-corrected chi connectivity index (χ4v) is 0. The summed E-state index contributed by atoms with van der Waals surface area (Å²) in [5.74, 6) is 0. The zero-order valence-corrected chi connectivity index (χ0v) is 4.90. The average molecular weight is 190 g/mol. The van der Waals surface area contributed by atoms with Crippen LogP contribution in [-0.4, -0.2) is 11.5 Å². The molecule has 0 aromatic carbocycles. The topological polar surface area (TPSA) is 9.23 Å². The molecule has 0 fully saturated rings. The molecule has 0 aliphatic rings. The van der Waals surface area contributed by atoms with Gasteiger partial charge in [0.15, 0.2) is 0 Å². The lowest BCUT2D eigenvalue weighted by Gasteiger charge is -1.87. The molecule has 0 saturated heterocycles. The van der Waals surface area contributed by atoms with Gasteiger partial charge in [0.1, 0.15) is 0 Å². The molecular weight excluding hydrogens is 186 g/mol. The number of hydrogen-bond acceptors (Lipinski definition) is 1. The lowest BCUT2D eigenvalue weighted by atomic mass is 11.5. The second-order valence-corrected chi connectivity index (χ2v) is 1.48. The fourth-order valence-electron chi connectivity index (χ4n) is 0. The molecule has 1 atom stereocenters. The molecule has 0 saturated carbocycles. The van der Waals surface area contributed by atoms with Crippen molar-refractivity contribution in [1.29, 1.82) is 0 Å². The van der Waals surface area contributed by atoms with Crippen LogP contribution in [-0.2, 0) is 4.74 Å². The molecule has 0 bridgehead atoms. The van der Waals surface area contributed by atoms with Crippen LogP contribution in [0.25, 0.3) is 0 Å². The number of rotatable bonds is 1. The van der Waals surface area contributed by atoms with Crippen molar-refractivity contribution in [1.82, 2.24) is 0 Å². The summed E-state index contributed by atoms with van der Waals surface area (Å²) in [4.78, 5) is 0. The van der Waals surface area contributed by atoms with Crippen LogP contribution in [0.3, 0.4) is 0 Å². The second kappa shape index (κ2) is 2.84. The normalized spacial score (nSPS) is 15.0. The van der Waals surface area contributed by atoms with Gasteiger partial charge in [-0.2, -0.15) is 0 Å². The molecule has 0 aromatic heterocycles. The molecule has 5 heavy (non-hydrogen) atoms. The van der Waals surface area contributed by atoms with E-state index in [0.29, 0.717) is 0 Å². The average Bonchev–Trinajstić information content (AvgIpc) is 1.38. The minimum atomic E-state index is -1.15. The summed E-state index contributed by atoms with van der Waals surface area (Å²) in [5, 5.41) is 0. The molecule has 0 N–H and O–H groups in total. The smallest absolute Gasteiger partial charge is 0.250 e. The van der Waals surface area contributed by atoms with Crippen molar-refractivity contribution in [2.75, 3.05) is 7.11 Å². The summed E-state index contributed by atoms with van der Waals surface area (Å²) in [7, 11) is 1.32. The van der Waals surface area contributed by atoms with Gasteiger partial charge in [-0.15, -0.1) is 0 Å². The van der Waals surface area contributed by atoms with Crippen LogP contribution in [0.2, 0.25) is 0 Å². The lowest BCUT2D eigenvalue weighted by molar-refractivity contribution is 0.0851. The van der Waals surface area contributed by atoms with E-state index in [-0.39, 0.29) is 0 Å². The van der Waals surface area contributed by atoms with Gasteiger partial charge < -0.3 is 4.74 Å². The molecular formula is C2H4FIO. The molecule has 0 aromatic rings. The predicted octanol–water partition coefficient (Wildman–Crippen LogP) is 1.32. The molecule has 0 heterocycles. The van der Waals surface area contributed by atoms with Crippen LogP contribution in [0, 0.1) is 0 Å². The van der Waals surface area contributed by atoms with Crippen LogP contribution in [0.4, 0.5) is 4.39 Å². The quantitative estimate of drug-likeness (QED) is 0.447. The van der Waals surface area contributed by atoms with Gasteiger partial charge in [0.2, 0.25) is 4.36 Å². The molecule has 0 radical (unpaired) electrons. The van der Waals surface area contributed by atoms with E-state index in [0.717, 1.165) is 0 Å². The highest BCUT2D eigenvalue weighted by atomic mass is 127. The summed E-state index contributed by atoms with van der Waals surface area (Å²) >= 11 is 1.52. The number of ether oxygens (including phenoxy) is 1. The van der Waals surface area contributed by atoms with Gasteiger partial charge in [-0.25, -0.2) is 4.39 Å². The Hall–Kier alpha value is 0.620. The first-order valence-corrected chi connectivity index (χ1v) is 2.33. The summed E-state index contributed by atoms with van der Waals surface area (Å²) in [6.45, 7) is 0. The maximum absolute atomic E-state index is 11.2. The van der Waals surface area contributed by atoms with Gasteiger partial charge in [-0.1, -0.05) is 0 Å². The van der Waals surface area contributed by atoms with Crippen LogP contribution in [0.1, 0.15) is 0 Å². The minimum absolute atomic E-state index is 1.15. The van der Waals surface area contributed by atoms with Gasteiger partial charge in [0, 0.05) is 7.11 Å². The molecule has 0 aliphatic heterocycles. The van der Waals surface area contributed by atoms with Crippen molar-refractivity contribution >= 4 is 22.6 Å². The first-order chi connectivity index (χ1) is 2.27. The number of halogens is 2. The SMILES string of the molecule is COC(F)I. The Balaban J connectivity index is 2.54. The molecule has 0 amide bonds. The Kier molecular flexibility index (Phi) is 3.19. The number of hydrogen-bond donors (Lipinski definition) is 0. The highest BCUT2D eigenvalue weighted by Gasteiger charge is 1.87. The summed E-state index contributed by atoms with van der Waals surface area (Å²) in [6.07, 6.45) is 0. The summed E-state index contributed by atoms with van der Waals surface area (Å²) in [6, 6.07) is 0. The van der Waals surface area contributed by atoms with E-state index in [2.05, 4.69) is 4.74 Å². The molecule has 32 valence electrons. The lowest BCUT2D eigenvalue weighted by Crippen LogP contribution is -1.85. The van der Waals surface area contributed by atoms with Crippen molar-refractivity contribution in [3.05, 3.63) is 0 Å². The van der Waals surface area contributed by atoms with E-state index < -0.39 is 4.36 Å². The largest absolute Gasteiger partial charge is 0.344 e. The zero-order valence-electron chi connectivity index (χ0n) is 2.74. The summed E-state index contributed by atoms with van der Waals surface area (Å²) < 4.78 is 14.1. The highest BCUT2D eigenvalue weighted by molar-refractivity contribution is 14.1. The second-order valence-electron chi connectivity index (χ2n) is 0.496. The van der Waals surface area contributed by atoms with Crippen molar-refractivity contribution < 1.29 is 9.13 Å². The number of alkyl halides is 2.